The summed E-state index contributed by atoms with van der Waals surface area (Å²) in [7, 11) is 1.45. The molecule has 0 spiro atoms. The molecule has 9 heteroatoms. The standard InChI is InChI=1S/C18H12Cl2FNO4S/c1-25-13-5-2-9(19)6-12(13)22-15(23)8-26-18(24)17-16(20)11-4-3-10(21)7-14(11)27-17/h2-7H,8H2,1H3,(H,22,23). The summed E-state index contributed by atoms with van der Waals surface area (Å²) in [5, 5.41) is 3.67. The number of hydrogen-bond acceptors (Lipinski definition) is 5. The second kappa shape index (κ2) is 8.12. The molecular weight excluding hydrogens is 416 g/mol. The van der Waals surface area contributed by atoms with Crippen molar-refractivity contribution < 1.29 is 23.5 Å². The Kier molecular flexibility index (Phi) is 5.84. The minimum atomic E-state index is -0.769. The summed E-state index contributed by atoms with van der Waals surface area (Å²) in [6.07, 6.45) is 0. The molecule has 1 amide bonds. The van der Waals surface area contributed by atoms with E-state index in [9.17, 15) is 14.0 Å². The van der Waals surface area contributed by atoms with Gasteiger partial charge in [0.2, 0.25) is 0 Å². The van der Waals surface area contributed by atoms with Gasteiger partial charge < -0.3 is 14.8 Å². The Morgan fingerprint density at radius 1 is 1.19 bits per heavy atom. The van der Waals surface area contributed by atoms with Gasteiger partial charge in [0.15, 0.2) is 6.61 Å². The van der Waals surface area contributed by atoms with Gasteiger partial charge in [-0.05, 0) is 36.4 Å². The first kappa shape index (κ1) is 19.4. The number of carbonyl (C=O) groups is 2. The monoisotopic (exact) mass is 427 g/mol. The lowest BCUT2D eigenvalue weighted by Crippen LogP contribution is -2.21. The van der Waals surface area contributed by atoms with E-state index in [1.165, 1.54) is 31.4 Å². The van der Waals surface area contributed by atoms with Crippen LogP contribution < -0.4 is 10.1 Å². The quantitative estimate of drug-likeness (QED) is 0.571. The number of nitrogens with one attached hydrogen (secondary N) is 1. The SMILES string of the molecule is COc1ccc(Cl)cc1NC(=O)COC(=O)c1sc2cc(F)ccc2c1Cl. The zero-order chi connectivity index (χ0) is 19.6. The number of rotatable bonds is 5. The fraction of sp³-hybridized carbons (Fsp3) is 0.111. The Morgan fingerprint density at radius 2 is 1.96 bits per heavy atom. The van der Waals surface area contributed by atoms with Crippen LogP contribution in [0.5, 0.6) is 5.75 Å². The number of fused-ring (bicyclic) bond motifs is 1. The van der Waals surface area contributed by atoms with Gasteiger partial charge in [-0.25, -0.2) is 9.18 Å². The molecule has 0 saturated carbocycles. The van der Waals surface area contributed by atoms with Gasteiger partial charge in [-0.1, -0.05) is 23.2 Å². The molecule has 27 heavy (non-hydrogen) atoms. The number of halogens is 3. The summed E-state index contributed by atoms with van der Waals surface area (Å²) in [5.41, 5.74) is 0.349. The van der Waals surface area contributed by atoms with Gasteiger partial charge in [0.05, 0.1) is 17.8 Å². The van der Waals surface area contributed by atoms with Crippen molar-refractivity contribution in [1.82, 2.24) is 0 Å². The first-order chi connectivity index (χ1) is 12.9. The molecule has 0 atom stereocenters. The van der Waals surface area contributed by atoms with Crippen molar-refractivity contribution in [2.24, 2.45) is 0 Å². The van der Waals surface area contributed by atoms with E-state index in [4.69, 9.17) is 32.7 Å². The highest BCUT2D eigenvalue weighted by Gasteiger charge is 2.20. The largest absolute Gasteiger partial charge is 0.495 e. The Morgan fingerprint density at radius 3 is 2.70 bits per heavy atom. The van der Waals surface area contributed by atoms with Crippen LogP contribution in [0.1, 0.15) is 9.67 Å². The van der Waals surface area contributed by atoms with Crippen molar-refractivity contribution >= 4 is 62.2 Å². The second-order valence-electron chi connectivity index (χ2n) is 5.35. The average Bonchev–Trinajstić information content (AvgIpc) is 2.96. The number of esters is 1. The van der Waals surface area contributed by atoms with Crippen LogP contribution in [0.3, 0.4) is 0 Å². The zero-order valence-corrected chi connectivity index (χ0v) is 16.2. The van der Waals surface area contributed by atoms with E-state index in [1.807, 2.05) is 0 Å². The molecule has 0 bridgehead atoms. The lowest BCUT2D eigenvalue weighted by Gasteiger charge is -2.10. The van der Waals surface area contributed by atoms with Crippen molar-refractivity contribution in [3.8, 4) is 5.75 Å². The average molecular weight is 428 g/mol. The minimum Gasteiger partial charge on any atom is -0.495 e. The summed E-state index contributed by atoms with van der Waals surface area (Å²) in [4.78, 5) is 24.4. The molecule has 0 fully saturated rings. The fourth-order valence-corrected chi connectivity index (χ4v) is 3.93. The Bertz CT molecular complexity index is 1040. The van der Waals surface area contributed by atoms with Gasteiger partial charge >= 0.3 is 5.97 Å². The van der Waals surface area contributed by atoms with Crippen LogP contribution in [-0.4, -0.2) is 25.6 Å². The summed E-state index contributed by atoms with van der Waals surface area (Å²) in [6, 6.07) is 8.74. The van der Waals surface area contributed by atoms with Crippen LogP contribution in [0.2, 0.25) is 10.0 Å². The maximum absolute atomic E-state index is 13.3. The number of hydrogen-bond donors (Lipinski definition) is 1. The van der Waals surface area contributed by atoms with E-state index in [1.54, 1.807) is 12.1 Å². The first-order valence-corrected chi connectivity index (χ1v) is 9.14. The molecule has 0 aliphatic heterocycles. The van der Waals surface area contributed by atoms with E-state index in [-0.39, 0.29) is 9.90 Å². The molecule has 0 saturated heterocycles. The normalized spacial score (nSPS) is 10.7. The Hall–Kier alpha value is -2.35. The molecule has 1 heterocycles. The number of amides is 1. The van der Waals surface area contributed by atoms with E-state index in [2.05, 4.69) is 5.32 Å². The summed E-state index contributed by atoms with van der Waals surface area (Å²) in [6.45, 7) is -0.534. The molecule has 0 radical (unpaired) electrons. The predicted octanol–water partition coefficient (Wildman–Crippen LogP) is 5.15. The van der Waals surface area contributed by atoms with Crippen molar-refractivity contribution in [2.75, 3.05) is 19.0 Å². The highest BCUT2D eigenvalue weighted by Crippen LogP contribution is 2.36. The number of anilines is 1. The first-order valence-electron chi connectivity index (χ1n) is 7.57. The maximum Gasteiger partial charge on any atom is 0.350 e. The van der Waals surface area contributed by atoms with Gasteiger partial charge in [0, 0.05) is 15.1 Å². The molecule has 1 N–H and O–H groups in total. The van der Waals surface area contributed by atoms with Crippen molar-refractivity contribution in [3.63, 3.8) is 0 Å². The molecule has 140 valence electrons. The van der Waals surface area contributed by atoms with Crippen LogP contribution in [0.4, 0.5) is 10.1 Å². The topological polar surface area (TPSA) is 64.6 Å². The van der Waals surface area contributed by atoms with Crippen LogP contribution in [0.15, 0.2) is 36.4 Å². The number of carbonyl (C=O) groups excluding carboxylic acids is 2. The van der Waals surface area contributed by atoms with E-state index in [0.29, 0.717) is 26.5 Å². The van der Waals surface area contributed by atoms with Gasteiger partial charge in [-0.15, -0.1) is 11.3 Å². The third-order valence-electron chi connectivity index (χ3n) is 3.55. The number of ether oxygens (including phenoxy) is 2. The highest BCUT2D eigenvalue weighted by molar-refractivity contribution is 7.21. The number of methoxy groups -OCH3 is 1. The molecule has 3 rings (SSSR count). The second-order valence-corrected chi connectivity index (χ2v) is 7.22. The molecule has 0 aliphatic rings. The number of thiophene rings is 1. The lowest BCUT2D eigenvalue weighted by atomic mass is 10.2. The predicted molar refractivity (Wildman–Crippen MR) is 104 cm³/mol. The van der Waals surface area contributed by atoms with Crippen LogP contribution >= 0.6 is 34.5 Å². The van der Waals surface area contributed by atoms with Gasteiger partial charge in [-0.3, -0.25) is 4.79 Å². The molecular formula is C18H12Cl2FNO4S. The molecule has 1 aromatic heterocycles. The van der Waals surface area contributed by atoms with Crippen molar-refractivity contribution in [3.05, 3.63) is 57.1 Å². The van der Waals surface area contributed by atoms with Crippen molar-refractivity contribution in [2.45, 2.75) is 0 Å². The third-order valence-corrected chi connectivity index (χ3v) is 5.42. The van der Waals surface area contributed by atoms with Gasteiger partial charge in [0.1, 0.15) is 16.4 Å². The lowest BCUT2D eigenvalue weighted by molar-refractivity contribution is -0.119. The molecule has 0 unspecified atom stereocenters. The summed E-state index contributed by atoms with van der Waals surface area (Å²) in [5.74, 6) is -1.37. The zero-order valence-electron chi connectivity index (χ0n) is 13.8. The molecule has 5 nitrogen and oxygen atoms in total. The highest BCUT2D eigenvalue weighted by atomic mass is 35.5. The van der Waals surface area contributed by atoms with Gasteiger partial charge in [0.25, 0.3) is 5.91 Å². The van der Waals surface area contributed by atoms with Gasteiger partial charge in [-0.2, -0.15) is 0 Å². The van der Waals surface area contributed by atoms with Crippen LogP contribution in [-0.2, 0) is 9.53 Å². The Labute approximate surface area is 167 Å². The van der Waals surface area contributed by atoms with Crippen molar-refractivity contribution in [1.29, 1.82) is 0 Å². The summed E-state index contributed by atoms with van der Waals surface area (Å²) >= 11 is 13.1. The van der Waals surface area contributed by atoms with E-state index >= 15 is 0 Å². The third kappa shape index (κ3) is 4.32. The number of benzene rings is 2. The van der Waals surface area contributed by atoms with E-state index < -0.39 is 24.3 Å². The fourth-order valence-electron chi connectivity index (χ4n) is 2.33. The molecule has 3 aromatic rings. The maximum atomic E-state index is 13.3. The van der Waals surface area contributed by atoms with Crippen LogP contribution in [0, 0.1) is 5.82 Å². The molecule has 2 aromatic carbocycles. The molecule has 0 aliphatic carbocycles. The van der Waals surface area contributed by atoms with Crippen LogP contribution in [0.25, 0.3) is 10.1 Å². The Balaban J connectivity index is 1.68. The minimum absolute atomic E-state index is 0.102. The smallest absolute Gasteiger partial charge is 0.350 e. The summed E-state index contributed by atoms with van der Waals surface area (Å²) < 4.78 is 24.0. The van der Waals surface area contributed by atoms with E-state index in [0.717, 1.165) is 11.3 Å².